The maximum atomic E-state index is 12.3. The number of amides is 2. The fraction of sp³-hybridized carbons (Fsp3) is 0.429. The summed E-state index contributed by atoms with van der Waals surface area (Å²) in [6.45, 7) is 6.35. The molecule has 2 aromatic rings. The fourth-order valence-electron chi connectivity index (χ4n) is 3.21. The number of rotatable bonds is 7. The molecule has 2 heterocycles. The average Bonchev–Trinajstić information content (AvgIpc) is 3.30. The summed E-state index contributed by atoms with van der Waals surface area (Å²) in [6.07, 6.45) is 1.32. The van der Waals surface area contributed by atoms with E-state index < -0.39 is 5.97 Å². The molecule has 3 rings (SSSR count). The van der Waals surface area contributed by atoms with Gasteiger partial charge in [-0.2, -0.15) is 0 Å². The number of hydrogen-bond acceptors (Lipinski definition) is 6. The van der Waals surface area contributed by atoms with Crippen LogP contribution in [-0.2, 0) is 25.5 Å². The molecule has 1 aliphatic rings. The Hall–Kier alpha value is -2.74. The van der Waals surface area contributed by atoms with Gasteiger partial charge in [-0.1, -0.05) is 32.0 Å². The smallest absolute Gasteiger partial charge is 0.312 e. The Morgan fingerprint density at radius 1 is 1.34 bits per heavy atom. The van der Waals surface area contributed by atoms with Crippen LogP contribution in [-0.4, -0.2) is 35.9 Å². The first kappa shape index (κ1) is 21.0. The summed E-state index contributed by atoms with van der Waals surface area (Å²) in [7, 11) is 0. The van der Waals surface area contributed by atoms with E-state index in [1.807, 2.05) is 25.1 Å². The lowest BCUT2D eigenvalue weighted by molar-refractivity contribution is -0.146. The predicted molar refractivity (Wildman–Crippen MR) is 112 cm³/mol. The van der Waals surface area contributed by atoms with E-state index in [4.69, 9.17) is 4.74 Å². The van der Waals surface area contributed by atoms with Gasteiger partial charge in [0.05, 0.1) is 12.1 Å². The maximum absolute atomic E-state index is 12.3. The number of benzene rings is 1. The molecule has 2 amide bonds. The van der Waals surface area contributed by atoms with Crippen LogP contribution in [0.15, 0.2) is 23.6 Å². The first-order chi connectivity index (χ1) is 13.8. The van der Waals surface area contributed by atoms with Crippen molar-refractivity contribution in [1.82, 2.24) is 4.98 Å². The first-order valence-electron chi connectivity index (χ1n) is 9.65. The molecule has 1 fully saturated rings. The number of para-hydroxylation sites is 1. The highest BCUT2D eigenvalue weighted by molar-refractivity contribution is 7.14. The molecule has 1 N–H and O–H groups in total. The number of carbonyl (C=O) groups is 3. The van der Waals surface area contributed by atoms with E-state index in [1.165, 1.54) is 11.3 Å². The number of anilines is 2. The molecule has 0 bridgehead atoms. The molecule has 1 aromatic heterocycles. The van der Waals surface area contributed by atoms with Crippen molar-refractivity contribution in [3.8, 4) is 0 Å². The SMILES string of the molecule is Cc1cccc(C(C)C)c1NC(=O)COC(=O)Cc1csc(N2CCCC2=O)n1. The summed E-state index contributed by atoms with van der Waals surface area (Å²) in [5.41, 5.74) is 3.30. The van der Waals surface area contributed by atoms with Gasteiger partial charge in [0.1, 0.15) is 0 Å². The maximum Gasteiger partial charge on any atom is 0.312 e. The van der Waals surface area contributed by atoms with Crippen molar-refractivity contribution >= 4 is 39.9 Å². The highest BCUT2D eigenvalue weighted by atomic mass is 32.1. The molecular formula is C21H25N3O4S. The number of aryl methyl sites for hydroxylation is 1. The number of aromatic nitrogens is 1. The van der Waals surface area contributed by atoms with Crippen LogP contribution in [0.4, 0.5) is 10.8 Å². The molecule has 0 atom stereocenters. The highest BCUT2D eigenvalue weighted by Crippen LogP contribution is 2.27. The standard InChI is InChI=1S/C21H25N3O4S/c1-13(2)16-7-4-6-14(3)20(16)23-17(25)11-28-19(27)10-15-12-29-21(22-15)24-9-5-8-18(24)26/h4,6-7,12-13H,5,8-11H2,1-3H3,(H,23,25). The number of hydrogen-bond donors (Lipinski definition) is 1. The Kier molecular flexibility index (Phi) is 6.64. The van der Waals surface area contributed by atoms with Gasteiger partial charge in [-0.3, -0.25) is 19.3 Å². The monoisotopic (exact) mass is 415 g/mol. The van der Waals surface area contributed by atoms with Crippen LogP contribution in [0.5, 0.6) is 0 Å². The second kappa shape index (κ2) is 9.17. The molecule has 1 aliphatic heterocycles. The summed E-state index contributed by atoms with van der Waals surface area (Å²) in [4.78, 5) is 42.1. The number of thiazole rings is 1. The average molecular weight is 416 g/mol. The van der Waals surface area contributed by atoms with Crippen molar-refractivity contribution in [3.05, 3.63) is 40.4 Å². The minimum absolute atomic E-state index is 0.0343. The Labute approximate surface area is 174 Å². The van der Waals surface area contributed by atoms with Crippen LogP contribution >= 0.6 is 11.3 Å². The molecule has 1 aromatic carbocycles. The van der Waals surface area contributed by atoms with Crippen molar-refractivity contribution in [2.24, 2.45) is 0 Å². The largest absolute Gasteiger partial charge is 0.455 e. The summed E-state index contributed by atoms with van der Waals surface area (Å²) in [5, 5.41) is 5.20. The van der Waals surface area contributed by atoms with Crippen molar-refractivity contribution < 1.29 is 19.1 Å². The zero-order valence-electron chi connectivity index (χ0n) is 16.9. The van der Waals surface area contributed by atoms with Gasteiger partial charge in [0.2, 0.25) is 5.91 Å². The Morgan fingerprint density at radius 3 is 2.83 bits per heavy atom. The van der Waals surface area contributed by atoms with Crippen molar-refractivity contribution in [3.63, 3.8) is 0 Å². The molecule has 29 heavy (non-hydrogen) atoms. The minimum atomic E-state index is -0.529. The van der Waals surface area contributed by atoms with E-state index in [0.29, 0.717) is 23.8 Å². The third kappa shape index (κ3) is 5.20. The van der Waals surface area contributed by atoms with Crippen LogP contribution in [0.3, 0.4) is 0 Å². The Bertz CT molecular complexity index is 922. The van der Waals surface area contributed by atoms with Gasteiger partial charge in [0.15, 0.2) is 11.7 Å². The van der Waals surface area contributed by atoms with Crippen LogP contribution in [0.2, 0.25) is 0 Å². The van der Waals surface area contributed by atoms with E-state index in [9.17, 15) is 14.4 Å². The van der Waals surface area contributed by atoms with Crippen LogP contribution in [0.1, 0.15) is 49.4 Å². The molecular weight excluding hydrogens is 390 g/mol. The van der Waals surface area contributed by atoms with E-state index >= 15 is 0 Å². The van der Waals surface area contributed by atoms with E-state index in [0.717, 1.165) is 23.2 Å². The molecule has 0 unspecified atom stereocenters. The third-order valence-corrected chi connectivity index (χ3v) is 5.64. The minimum Gasteiger partial charge on any atom is -0.455 e. The van der Waals surface area contributed by atoms with Gasteiger partial charge in [-0.05, 0) is 30.4 Å². The normalized spacial score (nSPS) is 13.8. The van der Waals surface area contributed by atoms with Crippen LogP contribution in [0, 0.1) is 6.92 Å². The van der Waals surface area contributed by atoms with Crippen LogP contribution in [0.25, 0.3) is 0 Å². The van der Waals surface area contributed by atoms with Gasteiger partial charge in [0, 0.05) is 24.0 Å². The highest BCUT2D eigenvalue weighted by Gasteiger charge is 2.24. The lowest BCUT2D eigenvalue weighted by atomic mass is 9.98. The van der Waals surface area contributed by atoms with Gasteiger partial charge in [-0.15, -0.1) is 11.3 Å². The molecule has 7 nitrogen and oxygen atoms in total. The topological polar surface area (TPSA) is 88.6 Å². The molecule has 0 spiro atoms. The predicted octanol–water partition coefficient (Wildman–Crippen LogP) is 3.43. The van der Waals surface area contributed by atoms with Crippen molar-refractivity contribution in [2.45, 2.75) is 46.0 Å². The number of nitrogens with zero attached hydrogens (tertiary/aromatic N) is 2. The van der Waals surface area contributed by atoms with Gasteiger partial charge in [0.25, 0.3) is 5.91 Å². The second-order valence-electron chi connectivity index (χ2n) is 7.35. The first-order valence-corrected chi connectivity index (χ1v) is 10.5. The zero-order chi connectivity index (χ0) is 21.0. The zero-order valence-corrected chi connectivity index (χ0v) is 17.7. The van der Waals surface area contributed by atoms with Gasteiger partial charge >= 0.3 is 5.97 Å². The molecule has 0 saturated carbocycles. The summed E-state index contributed by atoms with van der Waals surface area (Å²) >= 11 is 1.33. The van der Waals surface area contributed by atoms with Crippen molar-refractivity contribution in [2.75, 3.05) is 23.4 Å². The van der Waals surface area contributed by atoms with E-state index in [-0.39, 0.29) is 30.8 Å². The second-order valence-corrected chi connectivity index (χ2v) is 8.19. The van der Waals surface area contributed by atoms with Crippen LogP contribution < -0.4 is 10.2 Å². The summed E-state index contributed by atoms with van der Waals surface area (Å²) in [6, 6.07) is 5.86. The molecule has 8 heteroatoms. The Morgan fingerprint density at radius 2 is 2.14 bits per heavy atom. The number of carbonyl (C=O) groups excluding carboxylic acids is 3. The molecule has 0 radical (unpaired) electrons. The molecule has 1 saturated heterocycles. The lowest BCUT2D eigenvalue weighted by Gasteiger charge is -2.16. The lowest BCUT2D eigenvalue weighted by Crippen LogP contribution is -2.24. The number of ether oxygens (including phenoxy) is 1. The quantitative estimate of drug-likeness (QED) is 0.700. The Balaban J connectivity index is 1.52. The van der Waals surface area contributed by atoms with E-state index in [2.05, 4.69) is 24.1 Å². The van der Waals surface area contributed by atoms with E-state index in [1.54, 1.807) is 10.3 Å². The third-order valence-electron chi connectivity index (χ3n) is 4.73. The molecule has 0 aliphatic carbocycles. The summed E-state index contributed by atoms with van der Waals surface area (Å²) in [5.74, 6) is -0.592. The van der Waals surface area contributed by atoms with Gasteiger partial charge in [-0.25, -0.2) is 4.98 Å². The van der Waals surface area contributed by atoms with Gasteiger partial charge < -0.3 is 10.1 Å². The number of esters is 1. The summed E-state index contributed by atoms with van der Waals surface area (Å²) < 4.78 is 5.11. The molecule has 154 valence electrons. The van der Waals surface area contributed by atoms with Crippen molar-refractivity contribution in [1.29, 1.82) is 0 Å². The number of nitrogens with one attached hydrogen (secondary N) is 1. The fourth-order valence-corrected chi connectivity index (χ4v) is 4.08.